The maximum atomic E-state index is 12.5. The molecule has 1 saturated heterocycles. The Morgan fingerprint density at radius 3 is 2.74 bits per heavy atom. The van der Waals surface area contributed by atoms with E-state index in [2.05, 4.69) is 11.1 Å². The third kappa shape index (κ3) is 3.48. The molecule has 6 heteroatoms. The van der Waals surface area contributed by atoms with E-state index >= 15 is 0 Å². The zero-order valence-corrected chi connectivity index (χ0v) is 15.0. The molecule has 0 spiro atoms. The first kappa shape index (κ1) is 16.6. The van der Waals surface area contributed by atoms with Crippen molar-refractivity contribution in [2.75, 3.05) is 0 Å². The maximum absolute atomic E-state index is 12.5. The first-order chi connectivity index (χ1) is 10.7. The van der Waals surface area contributed by atoms with Crippen LogP contribution in [0.15, 0.2) is 18.3 Å². The van der Waals surface area contributed by atoms with E-state index in [0.29, 0.717) is 10.2 Å². The van der Waals surface area contributed by atoms with E-state index in [1.54, 1.807) is 12.3 Å². The number of rotatable bonds is 1. The Morgan fingerprint density at radius 2 is 2.09 bits per heavy atom. The summed E-state index contributed by atoms with van der Waals surface area (Å²) in [7, 11) is 0. The zero-order chi connectivity index (χ0) is 16.8. The fourth-order valence-electron chi connectivity index (χ4n) is 3.29. The van der Waals surface area contributed by atoms with Gasteiger partial charge in [0.15, 0.2) is 0 Å². The number of ether oxygens (including phenoxy) is 1. The van der Waals surface area contributed by atoms with Gasteiger partial charge in [-0.1, -0.05) is 29.3 Å². The second kappa shape index (κ2) is 5.99. The number of hydrogen-bond donors (Lipinski definition) is 0. The minimum atomic E-state index is -0.484. The fourth-order valence-corrected chi connectivity index (χ4v) is 3.67. The van der Waals surface area contributed by atoms with Crippen molar-refractivity contribution in [1.29, 1.82) is 0 Å². The largest absolute Gasteiger partial charge is 0.444 e. The minimum absolute atomic E-state index is 0.0570. The lowest BCUT2D eigenvalue weighted by molar-refractivity contribution is 0.0175. The number of carbonyl (C=O) groups excluding carboxylic acids is 1. The van der Waals surface area contributed by atoms with Gasteiger partial charge in [-0.15, -0.1) is 0 Å². The number of fused-ring (bicyclic) bond motifs is 2. The van der Waals surface area contributed by atoms with Crippen LogP contribution in [0.1, 0.15) is 45.6 Å². The third-order valence-corrected chi connectivity index (χ3v) is 4.68. The quantitative estimate of drug-likeness (QED) is 0.670. The van der Waals surface area contributed by atoms with Crippen LogP contribution in [0, 0.1) is 0 Å². The van der Waals surface area contributed by atoms with E-state index in [1.165, 1.54) is 0 Å². The third-order valence-electron chi connectivity index (χ3n) is 4.17. The Kier molecular flexibility index (Phi) is 4.32. The summed E-state index contributed by atoms with van der Waals surface area (Å²) < 4.78 is 5.54. The molecule has 1 fully saturated rings. The molecule has 124 valence electrons. The van der Waals surface area contributed by atoms with Gasteiger partial charge in [0.05, 0.1) is 11.1 Å². The Labute approximate surface area is 146 Å². The van der Waals surface area contributed by atoms with E-state index in [9.17, 15) is 4.79 Å². The van der Waals surface area contributed by atoms with Crippen LogP contribution in [0.3, 0.4) is 0 Å². The summed E-state index contributed by atoms with van der Waals surface area (Å²) in [6, 6.07) is 2.00. The molecule has 2 bridgehead atoms. The molecule has 23 heavy (non-hydrogen) atoms. The summed E-state index contributed by atoms with van der Waals surface area (Å²) in [6.07, 6.45) is 6.13. The van der Waals surface area contributed by atoms with Gasteiger partial charge in [-0.2, -0.15) is 0 Å². The highest BCUT2D eigenvalue weighted by Gasteiger charge is 2.41. The van der Waals surface area contributed by atoms with Crippen molar-refractivity contribution in [3.05, 3.63) is 34.1 Å². The molecule has 0 N–H and O–H groups in total. The molecule has 3 rings (SSSR count). The van der Waals surface area contributed by atoms with E-state index in [1.807, 2.05) is 25.7 Å². The lowest BCUT2D eigenvalue weighted by Gasteiger charge is -2.35. The summed E-state index contributed by atoms with van der Waals surface area (Å²) in [6.45, 7) is 5.66. The van der Waals surface area contributed by atoms with Crippen molar-refractivity contribution < 1.29 is 9.53 Å². The topological polar surface area (TPSA) is 42.4 Å². The summed E-state index contributed by atoms with van der Waals surface area (Å²) in [5.41, 5.74) is 1.56. The molecular formula is C17H20Cl2N2O2. The van der Waals surface area contributed by atoms with E-state index in [-0.39, 0.29) is 18.2 Å². The van der Waals surface area contributed by atoms with Crippen molar-refractivity contribution in [2.24, 2.45) is 0 Å². The highest BCUT2D eigenvalue weighted by molar-refractivity contribution is 6.33. The van der Waals surface area contributed by atoms with Crippen LogP contribution in [-0.4, -0.2) is 33.7 Å². The van der Waals surface area contributed by atoms with Crippen LogP contribution >= 0.6 is 23.2 Å². The van der Waals surface area contributed by atoms with Gasteiger partial charge in [-0.25, -0.2) is 9.78 Å². The molecule has 1 aromatic heterocycles. The molecule has 0 aromatic carbocycles. The molecule has 4 nitrogen and oxygen atoms in total. The highest BCUT2D eigenvalue weighted by Crippen LogP contribution is 2.41. The van der Waals surface area contributed by atoms with Gasteiger partial charge in [0.25, 0.3) is 0 Å². The Morgan fingerprint density at radius 1 is 1.35 bits per heavy atom. The predicted octanol–water partition coefficient (Wildman–Crippen LogP) is 4.94. The minimum Gasteiger partial charge on any atom is -0.444 e. The summed E-state index contributed by atoms with van der Waals surface area (Å²) in [5, 5.41) is 1.01. The van der Waals surface area contributed by atoms with Crippen LogP contribution in [0.2, 0.25) is 10.2 Å². The van der Waals surface area contributed by atoms with Gasteiger partial charge < -0.3 is 4.74 Å². The van der Waals surface area contributed by atoms with Crippen molar-refractivity contribution in [3.63, 3.8) is 0 Å². The van der Waals surface area contributed by atoms with Gasteiger partial charge in [0.2, 0.25) is 0 Å². The van der Waals surface area contributed by atoms with Gasteiger partial charge in [0.1, 0.15) is 10.8 Å². The van der Waals surface area contributed by atoms with E-state index in [0.717, 1.165) is 30.4 Å². The standard InChI is InChI=1S/C17H20Cl2N2O2/c1-17(2,3)23-16(22)21-11-4-5-12(21)7-10(6-11)13-8-15(19)20-9-14(13)18/h6,8-9,11-12H,4-5,7H2,1-3H3. The monoisotopic (exact) mass is 354 g/mol. The normalized spacial score (nSPS) is 23.7. The molecule has 2 unspecified atom stereocenters. The molecular weight excluding hydrogens is 335 g/mol. The maximum Gasteiger partial charge on any atom is 0.411 e. The molecule has 1 aromatic rings. The first-order valence-corrected chi connectivity index (χ1v) is 8.53. The number of carbonyl (C=O) groups is 1. The number of aromatic nitrogens is 1. The van der Waals surface area contributed by atoms with Crippen LogP contribution in [-0.2, 0) is 4.74 Å². The van der Waals surface area contributed by atoms with Crippen LogP contribution in [0.5, 0.6) is 0 Å². The van der Waals surface area contributed by atoms with Gasteiger partial charge >= 0.3 is 6.09 Å². The predicted molar refractivity (Wildman–Crippen MR) is 91.7 cm³/mol. The van der Waals surface area contributed by atoms with Crippen LogP contribution in [0.25, 0.3) is 5.57 Å². The smallest absolute Gasteiger partial charge is 0.411 e. The summed E-state index contributed by atoms with van der Waals surface area (Å²) >= 11 is 12.3. The number of amides is 1. The Balaban J connectivity index is 1.86. The van der Waals surface area contributed by atoms with Gasteiger partial charge in [-0.05, 0) is 51.7 Å². The first-order valence-electron chi connectivity index (χ1n) is 7.78. The molecule has 2 atom stereocenters. The second-order valence-corrected chi connectivity index (χ2v) is 7.86. The number of hydrogen-bond acceptors (Lipinski definition) is 3. The number of pyridine rings is 1. The Hall–Kier alpha value is -1.26. The second-order valence-electron chi connectivity index (χ2n) is 7.07. The Bertz CT molecular complexity index is 667. The van der Waals surface area contributed by atoms with E-state index in [4.69, 9.17) is 27.9 Å². The molecule has 0 aliphatic carbocycles. The highest BCUT2D eigenvalue weighted by atomic mass is 35.5. The zero-order valence-electron chi connectivity index (χ0n) is 13.5. The van der Waals surface area contributed by atoms with Crippen molar-refractivity contribution in [1.82, 2.24) is 9.88 Å². The van der Waals surface area contributed by atoms with Crippen LogP contribution < -0.4 is 0 Å². The molecule has 2 aliphatic heterocycles. The molecule has 0 saturated carbocycles. The molecule has 2 aliphatic rings. The van der Waals surface area contributed by atoms with Gasteiger partial charge in [-0.3, -0.25) is 4.90 Å². The summed E-state index contributed by atoms with van der Waals surface area (Å²) in [5.74, 6) is 0. The fraction of sp³-hybridized carbons (Fsp3) is 0.529. The van der Waals surface area contributed by atoms with Gasteiger partial charge in [0, 0.05) is 17.8 Å². The average Bonchev–Trinajstić information content (AvgIpc) is 2.71. The van der Waals surface area contributed by atoms with E-state index < -0.39 is 5.60 Å². The number of halogens is 2. The number of nitrogens with zero attached hydrogens (tertiary/aromatic N) is 2. The molecule has 1 amide bonds. The lowest BCUT2D eigenvalue weighted by Crippen LogP contribution is -2.45. The SMILES string of the molecule is CC(C)(C)OC(=O)N1C2C=C(c3cc(Cl)ncc3Cl)CC1CC2. The van der Waals surface area contributed by atoms with Crippen molar-refractivity contribution >= 4 is 34.9 Å². The molecule has 0 radical (unpaired) electrons. The van der Waals surface area contributed by atoms with Crippen molar-refractivity contribution in [2.45, 2.75) is 57.7 Å². The average molecular weight is 355 g/mol. The summed E-state index contributed by atoms with van der Waals surface area (Å²) in [4.78, 5) is 18.3. The molecule has 3 heterocycles. The lowest BCUT2D eigenvalue weighted by atomic mass is 9.95. The van der Waals surface area contributed by atoms with Crippen molar-refractivity contribution in [3.8, 4) is 0 Å². The van der Waals surface area contributed by atoms with Crippen LogP contribution in [0.4, 0.5) is 4.79 Å².